The van der Waals surface area contributed by atoms with Crippen molar-refractivity contribution in [3.63, 3.8) is 0 Å². The predicted molar refractivity (Wildman–Crippen MR) is 243 cm³/mol. The van der Waals surface area contributed by atoms with E-state index in [1.807, 2.05) is 0 Å². The van der Waals surface area contributed by atoms with Crippen molar-refractivity contribution in [2.45, 2.75) is 27.5 Å². The van der Waals surface area contributed by atoms with E-state index in [-0.39, 0.29) is 75.1 Å². The summed E-state index contributed by atoms with van der Waals surface area (Å²) in [5.74, 6) is -1.08. The molecule has 0 aliphatic heterocycles. The van der Waals surface area contributed by atoms with Crippen LogP contribution in [0.5, 0.6) is 11.5 Å². The van der Waals surface area contributed by atoms with Gasteiger partial charge in [0.15, 0.2) is 5.75 Å². The zero-order chi connectivity index (χ0) is 49.3. The van der Waals surface area contributed by atoms with E-state index in [0.717, 1.165) is 36.4 Å². The van der Waals surface area contributed by atoms with Crippen LogP contribution in [-0.2, 0) is 56.4 Å². The molecule has 0 spiro atoms. The molecule has 0 unspecified atom stereocenters. The van der Waals surface area contributed by atoms with Gasteiger partial charge in [-0.15, -0.1) is 20.5 Å². The molecule has 0 fully saturated rings. The zero-order valence-electron chi connectivity index (χ0n) is 34.4. The fourth-order valence-corrected chi connectivity index (χ4v) is 9.19. The molecule has 0 amide bonds. The highest BCUT2D eigenvalue weighted by molar-refractivity contribution is 7.90. The number of carbonyl (C=O) groups is 1. The number of nitrogen functional groups attached to an aromatic ring is 1. The number of rotatable bonds is 15. The normalized spacial score (nSPS) is 13.6. The average molecular weight is 1010 g/mol. The van der Waals surface area contributed by atoms with Gasteiger partial charge in [0.2, 0.25) is 0 Å². The standard InChI is InChI=1S/C41H33N7O16S4/c1-2-39(49)64-16-15-63-24-5-3-23(4-6-24)43-44-33-11-13-35(30-19-25(65(51,52)53)7-9-27(30)33)46-45-34-12-14-36(31-20-26(66(54,55)56)8-10-28(31)34)47-48-40-38(68(60,61)62)18-22-17-37(67(57,58)59)32(42)21-29(22)41(40)50/h2-6,8,10-14,17-21,50H,1,7,9,15-16,42H2,(H,51,52,53)(H,54,55,56)(H,57,58,59)(H,60,61,62)/b44-43+,46-45+,48-47+. The topological polar surface area (TPSA) is 373 Å². The number of esters is 1. The predicted octanol–water partition coefficient (Wildman–Crippen LogP) is 8.55. The van der Waals surface area contributed by atoms with E-state index < -0.39 is 78.3 Å². The maximum atomic E-state index is 12.5. The molecule has 0 bridgehead atoms. The van der Waals surface area contributed by atoms with Gasteiger partial charge in [0.1, 0.15) is 34.4 Å². The average Bonchev–Trinajstić information content (AvgIpc) is 3.27. The summed E-state index contributed by atoms with van der Waals surface area (Å²) in [6.07, 6.45) is 2.23. The highest BCUT2D eigenvalue weighted by Crippen LogP contribution is 2.45. The number of hydrogen-bond donors (Lipinski definition) is 6. The number of benzene rings is 6. The van der Waals surface area contributed by atoms with Crippen LogP contribution in [0.3, 0.4) is 0 Å². The lowest BCUT2D eigenvalue weighted by atomic mass is 9.94. The highest BCUT2D eigenvalue weighted by Gasteiger charge is 2.26. The largest absolute Gasteiger partial charge is 0.505 e. The van der Waals surface area contributed by atoms with Crippen molar-refractivity contribution in [3.05, 3.63) is 114 Å². The smallest absolute Gasteiger partial charge is 0.330 e. The molecule has 68 heavy (non-hydrogen) atoms. The highest BCUT2D eigenvalue weighted by atomic mass is 32.2. The molecule has 0 heterocycles. The number of fused-ring (bicyclic) bond motifs is 3. The van der Waals surface area contributed by atoms with Crippen LogP contribution in [0, 0.1) is 0 Å². The maximum absolute atomic E-state index is 12.5. The molecule has 352 valence electrons. The minimum absolute atomic E-state index is 0.00664. The maximum Gasteiger partial charge on any atom is 0.330 e. The second kappa shape index (κ2) is 18.7. The fraction of sp³-hybridized carbons (Fsp3) is 0.0976. The van der Waals surface area contributed by atoms with Crippen LogP contribution in [0.2, 0.25) is 0 Å². The number of nitrogens with zero attached hydrogens (tertiary/aromatic N) is 6. The van der Waals surface area contributed by atoms with E-state index >= 15 is 0 Å². The summed E-state index contributed by atoms with van der Waals surface area (Å²) in [6, 6.07) is 17.7. The Morgan fingerprint density at radius 3 is 1.88 bits per heavy atom. The summed E-state index contributed by atoms with van der Waals surface area (Å²) in [4.78, 5) is 8.38. The lowest BCUT2D eigenvalue weighted by molar-refractivity contribution is -0.138. The van der Waals surface area contributed by atoms with Crippen LogP contribution < -0.4 is 10.5 Å². The summed E-state index contributed by atoms with van der Waals surface area (Å²) in [7, 11) is -19.7. The molecular weight excluding hydrogens is 975 g/mol. The number of aromatic hydroxyl groups is 1. The molecule has 0 radical (unpaired) electrons. The Kier molecular flexibility index (Phi) is 13.4. The first kappa shape index (κ1) is 48.6. The molecule has 0 aromatic heterocycles. The number of nitrogens with two attached hydrogens (primary N) is 1. The molecule has 0 atom stereocenters. The lowest BCUT2D eigenvalue weighted by Crippen LogP contribution is -2.09. The van der Waals surface area contributed by atoms with Crippen molar-refractivity contribution in [1.29, 1.82) is 0 Å². The van der Waals surface area contributed by atoms with Crippen molar-refractivity contribution < 1.29 is 71.3 Å². The lowest BCUT2D eigenvalue weighted by Gasteiger charge is -2.17. The van der Waals surface area contributed by atoms with Gasteiger partial charge in [0, 0.05) is 27.8 Å². The van der Waals surface area contributed by atoms with Gasteiger partial charge in [-0.05, 0) is 109 Å². The van der Waals surface area contributed by atoms with Gasteiger partial charge in [-0.3, -0.25) is 18.2 Å². The van der Waals surface area contributed by atoms with Crippen LogP contribution in [-0.4, -0.2) is 76.2 Å². The first-order chi connectivity index (χ1) is 31.9. The second-order valence-corrected chi connectivity index (χ2v) is 20.0. The molecular formula is C41H33N7O16S4. The van der Waals surface area contributed by atoms with Crippen molar-refractivity contribution in [2.75, 3.05) is 18.9 Å². The van der Waals surface area contributed by atoms with Gasteiger partial charge >= 0.3 is 5.97 Å². The molecule has 0 saturated carbocycles. The van der Waals surface area contributed by atoms with E-state index in [1.165, 1.54) is 30.3 Å². The Hall–Kier alpha value is -7.37. The molecule has 23 nitrogen and oxygen atoms in total. The third-order valence-corrected chi connectivity index (χ3v) is 13.6. The number of azo groups is 3. The van der Waals surface area contributed by atoms with Crippen molar-refractivity contribution in [3.8, 4) is 11.5 Å². The van der Waals surface area contributed by atoms with Crippen molar-refractivity contribution >= 4 is 114 Å². The van der Waals surface area contributed by atoms with Gasteiger partial charge < -0.3 is 20.3 Å². The summed E-state index contributed by atoms with van der Waals surface area (Å²) < 4.78 is 148. The Morgan fingerprint density at radius 2 is 1.24 bits per heavy atom. The van der Waals surface area contributed by atoms with Crippen LogP contribution in [0.1, 0.15) is 17.5 Å². The summed E-state index contributed by atoms with van der Waals surface area (Å²) in [5, 5.41) is 35.8. The Labute approximate surface area is 385 Å². The van der Waals surface area contributed by atoms with Crippen molar-refractivity contribution in [1.82, 2.24) is 0 Å². The van der Waals surface area contributed by atoms with Crippen LogP contribution >= 0.6 is 0 Å². The van der Waals surface area contributed by atoms with Gasteiger partial charge in [0.05, 0.1) is 43.9 Å². The van der Waals surface area contributed by atoms with E-state index in [9.17, 15) is 61.8 Å². The fourth-order valence-electron chi connectivity index (χ4n) is 6.76. The first-order valence-corrected chi connectivity index (χ1v) is 24.9. The van der Waals surface area contributed by atoms with Gasteiger partial charge in [-0.25, -0.2) is 4.79 Å². The van der Waals surface area contributed by atoms with E-state index in [4.69, 9.17) is 15.2 Å². The summed E-state index contributed by atoms with van der Waals surface area (Å²) in [5.41, 5.74) is 5.74. The molecule has 1 aliphatic carbocycles. The zero-order valence-corrected chi connectivity index (χ0v) is 37.7. The van der Waals surface area contributed by atoms with Gasteiger partial charge in [-0.2, -0.15) is 43.9 Å². The van der Waals surface area contributed by atoms with Gasteiger partial charge in [-0.1, -0.05) is 12.6 Å². The Bertz CT molecular complexity index is 3690. The minimum atomic E-state index is -5.24. The number of anilines is 1. The molecule has 6 aromatic carbocycles. The minimum Gasteiger partial charge on any atom is -0.505 e. The number of allylic oxidation sites excluding steroid dienone is 1. The summed E-state index contributed by atoms with van der Waals surface area (Å²) >= 11 is 0. The monoisotopic (exact) mass is 1010 g/mol. The number of phenols is 1. The molecule has 1 aliphatic rings. The number of ether oxygens (including phenoxy) is 2. The quantitative estimate of drug-likeness (QED) is 0.0140. The third-order valence-electron chi connectivity index (χ3n) is 9.94. The molecule has 7 rings (SSSR count). The van der Waals surface area contributed by atoms with Crippen LogP contribution in [0.25, 0.3) is 27.6 Å². The third kappa shape index (κ3) is 10.7. The number of phenolic OH excluding ortho intramolecular Hbond substituents is 1. The Balaban J connectivity index is 1.27. The van der Waals surface area contributed by atoms with E-state index in [1.54, 1.807) is 30.3 Å². The van der Waals surface area contributed by atoms with Crippen LogP contribution in [0.15, 0.2) is 148 Å². The van der Waals surface area contributed by atoms with Crippen molar-refractivity contribution in [2.24, 2.45) is 30.7 Å². The Morgan fingerprint density at radius 1 is 0.632 bits per heavy atom. The number of hydrogen-bond acceptors (Lipinski definition) is 19. The number of carbonyl (C=O) groups excluding carboxylic acids is 1. The summed E-state index contributed by atoms with van der Waals surface area (Å²) in [6.45, 7) is 3.41. The molecule has 27 heteroatoms. The second-order valence-electron chi connectivity index (χ2n) is 14.3. The molecule has 7 N–H and O–H groups in total. The SMILES string of the molecule is C=CC(=O)OCCOc1ccc(/N=N/c2ccc(/N=N/c3ccc(/N=N/c4c(S(=O)(=O)O)cc5cc(S(=O)(=O)O)c(N)cc5c4O)c4cc(S(=O)(=O)O)ccc34)c3c2CCC(S(=O)(=O)O)=C3)cc1. The first-order valence-electron chi connectivity index (χ1n) is 19.1. The van der Waals surface area contributed by atoms with Crippen LogP contribution in [0.4, 0.5) is 39.8 Å². The molecule has 0 saturated heterocycles. The van der Waals surface area contributed by atoms with Gasteiger partial charge in [0.25, 0.3) is 40.5 Å². The van der Waals surface area contributed by atoms with E-state index in [2.05, 4.69) is 37.3 Å². The molecule has 6 aromatic rings. The van der Waals surface area contributed by atoms with E-state index in [0.29, 0.717) is 22.7 Å².